The van der Waals surface area contributed by atoms with Crippen molar-refractivity contribution in [3.63, 3.8) is 0 Å². The second-order valence-corrected chi connectivity index (χ2v) is 4.12. The largest absolute Gasteiger partial charge is 0.459 e. The van der Waals surface area contributed by atoms with E-state index in [4.69, 9.17) is 4.74 Å². The van der Waals surface area contributed by atoms with Crippen molar-refractivity contribution >= 4 is 5.97 Å². The van der Waals surface area contributed by atoms with Gasteiger partial charge in [-0.3, -0.25) is 4.79 Å². The molecule has 0 amide bonds. The van der Waals surface area contributed by atoms with Crippen LogP contribution in [0.15, 0.2) is 12.2 Å². The summed E-state index contributed by atoms with van der Waals surface area (Å²) in [5.41, 5.74) is -0.766. The third kappa shape index (κ3) is 2.07. The molecular formula is C9H14O2. The molecule has 0 atom stereocenters. The number of hydrogen-bond acceptors (Lipinski definition) is 2. The number of carbonyl (C=O) groups excluding carboxylic acids is 1. The van der Waals surface area contributed by atoms with Crippen LogP contribution in [0.5, 0.6) is 0 Å². The number of rotatable bonds is 1. The maximum atomic E-state index is 11.3. The zero-order valence-electron chi connectivity index (χ0n) is 7.47. The molecule has 62 valence electrons. The predicted molar refractivity (Wildman–Crippen MR) is 43.1 cm³/mol. The van der Waals surface area contributed by atoms with Gasteiger partial charge in [0.2, 0.25) is 0 Å². The lowest BCUT2D eigenvalue weighted by atomic mass is 10.1. The average Bonchev–Trinajstić information content (AvgIpc) is 2.44. The molecule has 0 radical (unpaired) electrons. The topological polar surface area (TPSA) is 26.3 Å². The van der Waals surface area contributed by atoms with Crippen molar-refractivity contribution < 1.29 is 9.53 Å². The summed E-state index contributed by atoms with van der Waals surface area (Å²) in [5, 5.41) is 0. The SMILES string of the molecule is CC(C)(C)OC(=O)C1(C)C=C1. The normalized spacial score (nSPS) is 19.6. The first-order valence-electron chi connectivity index (χ1n) is 3.77. The molecule has 2 heteroatoms. The van der Waals surface area contributed by atoms with Gasteiger partial charge >= 0.3 is 5.97 Å². The fourth-order valence-electron chi connectivity index (χ4n) is 0.649. The Morgan fingerprint density at radius 1 is 1.36 bits per heavy atom. The van der Waals surface area contributed by atoms with Crippen molar-refractivity contribution in [2.45, 2.75) is 33.3 Å². The highest BCUT2D eigenvalue weighted by atomic mass is 16.6. The first-order valence-corrected chi connectivity index (χ1v) is 3.77. The van der Waals surface area contributed by atoms with Crippen molar-refractivity contribution in [1.29, 1.82) is 0 Å². The highest BCUT2D eigenvalue weighted by Gasteiger charge is 2.40. The zero-order chi connectivity index (χ0) is 8.70. The molecule has 0 heterocycles. The Hall–Kier alpha value is -0.790. The second-order valence-electron chi connectivity index (χ2n) is 4.12. The molecule has 0 unspecified atom stereocenters. The van der Waals surface area contributed by atoms with Gasteiger partial charge in [0.15, 0.2) is 0 Å². The van der Waals surface area contributed by atoms with Crippen LogP contribution in [0.4, 0.5) is 0 Å². The van der Waals surface area contributed by atoms with E-state index < -0.39 is 5.41 Å². The number of ether oxygens (including phenoxy) is 1. The van der Waals surface area contributed by atoms with Crippen LogP contribution in [0.25, 0.3) is 0 Å². The molecule has 0 aromatic rings. The minimum absolute atomic E-state index is 0.148. The van der Waals surface area contributed by atoms with E-state index in [1.807, 2.05) is 39.8 Å². The quantitative estimate of drug-likeness (QED) is 0.426. The van der Waals surface area contributed by atoms with E-state index in [-0.39, 0.29) is 11.6 Å². The van der Waals surface area contributed by atoms with Crippen molar-refractivity contribution in [2.24, 2.45) is 5.41 Å². The van der Waals surface area contributed by atoms with E-state index in [1.165, 1.54) is 0 Å². The summed E-state index contributed by atoms with van der Waals surface area (Å²) < 4.78 is 5.16. The Kier molecular flexibility index (Phi) is 1.58. The van der Waals surface area contributed by atoms with Crippen LogP contribution >= 0.6 is 0 Å². The lowest BCUT2D eigenvalue weighted by molar-refractivity contribution is -0.159. The van der Waals surface area contributed by atoms with Crippen LogP contribution in [-0.2, 0) is 9.53 Å². The highest BCUT2D eigenvalue weighted by molar-refractivity contribution is 5.85. The highest BCUT2D eigenvalue weighted by Crippen LogP contribution is 2.36. The monoisotopic (exact) mass is 154 g/mol. The number of hydrogen-bond donors (Lipinski definition) is 0. The summed E-state index contributed by atoms with van der Waals surface area (Å²) in [5.74, 6) is -0.148. The zero-order valence-corrected chi connectivity index (χ0v) is 7.47. The molecular weight excluding hydrogens is 140 g/mol. The number of carbonyl (C=O) groups is 1. The van der Waals surface area contributed by atoms with Gasteiger partial charge in [-0.25, -0.2) is 0 Å². The fourth-order valence-corrected chi connectivity index (χ4v) is 0.649. The van der Waals surface area contributed by atoms with Gasteiger partial charge in [0.25, 0.3) is 0 Å². The predicted octanol–water partition coefficient (Wildman–Crippen LogP) is 1.90. The molecule has 2 nitrogen and oxygen atoms in total. The van der Waals surface area contributed by atoms with Crippen LogP contribution in [0, 0.1) is 5.41 Å². The summed E-state index contributed by atoms with van der Waals surface area (Å²) in [7, 11) is 0. The third-order valence-corrected chi connectivity index (χ3v) is 1.51. The van der Waals surface area contributed by atoms with E-state index >= 15 is 0 Å². The summed E-state index contributed by atoms with van der Waals surface area (Å²) in [6.45, 7) is 7.46. The van der Waals surface area contributed by atoms with Crippen LogP contribution < -0.4 is 0 Å². The summed E-state index contributed by atoms with van der Waals surface area (Å²) in [6.07, 6.45) is 3.70. The molecule has 11 heavy (non-hydrogen) atoms. The minimum atomic E-state index is -0.396. The molecule has 1 rings (SSSR count). The lowest BCUT2D eigenvalue weighted by Crippen LogP contribution is -2.28. The molecule has 0 N–H and O–H groups in total. The van der Waals surface area contributed by atoms with Crippen LogP contribution in [0.2, 0.25) is 0 Å². The average molecular weight is 154 g/mol. The van der Waals surface area contributed by atoms with Crippen molar-refractivity contribution in [1.82, 2.24) is 0 Å². The van der Waals surface area contributed by atoms with E-state index in [2.05, 4.69) is 0 Å². The van der Waals surface area contributed by atoms with Gasteiger partial charge in [0.1, 0.15) is 11.0 Å². The van der Waals surface area contributed by atoms with Crippen LogP contribution in [-0.4, -0.2) is 11.6 Å². The molecule has 0 saturated heterocycles. The van der Waals surface area contributed by atoms with Gasteiger partial charge in [-0.15, -0.1) is 0 Å². The van der Waals surface area contributed by atoms with Crippen molar-refractivity contribution in [3.8, 4) is 0 Å². The maximum absolute atomic E-state index is 11.3. The van der Waals surface area contributed by atoms with Gasteiger partial charge in [0.05, 0.1) is 0 Å². The van der Waals surface area contributed by atoms with Gasteiger partial charge < -0.3 is 4.74 Å². The molecule has 0 aromatic carbocycles. The fraction of sp³-hybridized carbons (Fsp3) is 0.667. The first-order chi connectivity index (χ1) is 4.83. The van der Waals surface area contributed by atoms with E-state index in [1.54, 1.807) is 0 Å². The Bertz CT molecular complexity index is 202. The summed E-state index contributed by atoms with van der Waals surface area (Å²) in [4.78, 5) is 11.3. The Morgan fingerprint density at radius 3 is 2.09 bits per heavy atom. The summed E-state index contributed by atoms with van der Waals surface area (Å²) in [6, 6.07) is 0. The first kappa shape index (κ1) is 8.31. The molecule has 0 spiro atoms. The van der Waals surface area contributed by atoms with Crippen LogP contribution in [0.1, 0.15) is 27.7 Å². The lowest BCUT2D eigenvalue weighted by Gasteiger charge is -2.21. The molecule has 1 aliphatic carbocycles. The van der Waals surface area contributed by atoms with Gasteiger partial charge in [-0.1, -0.05) is 12.2 Å². The Morgan fingerprint density at radius 2 is 1.82 bits per heavy atom. The molecule has 0 bridgehead atoms. The van der Waals surface area contributed by atoms with Crippen LogP contribution in [0.3, 0.4) is 0 Å². The van der Waals surface area contributed by atoms with E-state index in [9.17, 15) is 4.79 Å². The molecule has 0 fully saturated rings. The standard InChI is InChI=1S/C9H14O2/c1-8(2,3)11-7(10)9(4)5-6-9/h5-6H,1-4H3. The third-order valence-electron chi connectivity index (χ3n) is 1.51. The summed E-state index contributed by atoms with van der Waals surface area (Å²) >= 11 is 0. The van der Waals surface area contributed by atoms with Gasteiger partial charge in [-0.2, -0.15) is 0 Å². The Labute approximate surface area is 67.2 Å². The van der Waals surface area contributed by atoms with E-state index in [0.717, 1.165) is 0 Å². The number of esters is 1. The van der Waals surface area contributed by atoms with Crippen molar-refractivity contribution in [3.05, 3.63) is 12.2 Å². The van der Waals surface area contributed by atoms with Gasteiger partial charge in [-0.05, 0) is 27.7 Å². The molecule has 1 aliphatic rings. The molecule has 0 saturated carbocycles. The van der Waals surface area contributed by atoms with Crippen molar-refractivity contribution in [2.75, 3.05) is 0 Å². The van der Waals surface area contributed by atoms with E-state index in [0.29, 0.717) is 0 Å². The smallest absolute Gasteiger partial charge is 0.320 e. The minimum Gasteiger partial charge on any atom is -0.459 e. The second kappa shape index (κ2) is 2.10. The maximum Gasteiger partial charge on any atom is 0.320 e. The Balaban J connectivity index is 2.45. The van der Waals surface area contributed by atoms with Gasteiger partial charge in [0, 0.05) is 0 Å². The molecule has 0 aromatic heterocycles. The molecule has 0 aliphatic heterocycles.